The number of H-pyrrole nitrogens is 1. The van der Waals surface area contributed by atoms with Gasteiger partial charge in [-0.2, -0.15) is 0 Å². The minimum Gasteiger partial charge on any atom is -0.465 e. The number of carbonyl (C=O) groups excluding carboxylic acids is 1. The van der Waals surface area contributed by atoms with Gasteiger partial charge in [-0.15, -0.1) is 0 Å². The predicted molar refractivity (Wildman–Crippen MR) is 104 cm³/mol. The van der Waals surface area contributed by atoms with E-state index in [-0.39, 0.29) is 13.0 Å². The molecule has 4 rings (SSSR count). The first-order chi connectivity index (χ1) is 13.4. The molecular weight excluding hydrogens is 409 g/mol. The van der Waals surface area contributed by atoms with Gasteiger partial charge in [0.2, 0.25) is 0 Å². The normalized spacial score (nSPS) is 18.9. The number of rotatable bonds is 3. The van der Waals surface area contributed by atoms with Gasteiger partial charge in [-0.25, -0.2) is 8.78 Å². The van der Waals surface area contributed by atoms with Gasteiger partial charge in [0.05, 0.1) is 12.6 Å². The fraction of sp³-hybridized carbons (Fsp3) is 0.250. The molecule has 1 aliphatic heterocycles. The van der Waals surface area contributed by atoms with Crippen molar-refractivity contribution in [1.82, 2.24) is 10.3 Å². The number of benzene rings is 2. The molecule has 1 aliphatic rings. The van der Waals surface area contributed by atoms with Gasteiger partial charge in [0, 0.05) is 39.1 Å². The largest absolute Gasteiger partial charge is 0.465 e. The topological polar surface area (TPSA) is 54.1 Å². The molecular formula is C20H16Cl2F2N2O2. The first-order valence-electron chi connectivity index (χ1n) is 8.76. The Hall–Kier alpha value is -2.15. The van der Waals surface area contributed by atoms with E-state index >= 15 is 0 Å². The Morgan fingerprint density at radius 3 is 2.68 bits per heavy atom. The van der Waals surface area contributed by atoms with Crippen LogP contribution >= 0.6 is 23.2 Å². The summed E-state index contributed by atoms with van der Waals surface area (Å²) in [5.74, 6) is -2.30. The summed E-state index contributed by atoms with van der Waals surface area (Å²) in [6.45, 7) is 1.97. The highest BCUT2D eigenvalue weighted by molar-refractivity contribution is 6.35. The van der Waals surface area contributed by atoms with Crippen LogP contribution in [0.15, 0.2) is 30.3 Å². The zero-order valence-corrected chi connectivity index (χ0v) is 16.3. The molecule has 8 heteroatoms. The van der Waals surface area contributed by atoms with E-state index in [0.29, 0.717) is 32.2 Å². The van der Waals surface area contributed by atoms with E-state index in [4.69, 9.17) is 27.9 Å². The van der Waals surface area contributed by atoms with Crippen LogP contribution in [-0.2, 0) is 16.0 Å². The van der Waals surface area contributed by atoms with Gasteiger partial charge in [0.1, 0.15) is 6.04 Å². The molecule has 3 aromatic rings. The van der Waals surface area contributed by atoms with Crippen LogP contribution in [0.4, 0.5) is 8.78 Å². The van der Waals surface area contributed by atoms with Crippen LogP contribution in [0.5, 0.6) is 0 Å². The van der Waals surface area contributed by atoms with Gasteiger partial charge in [0.25, 0.3) is 0 Å². The minimum absolute atomic E-state index is 0.240. The van der Waals surface area contributed by atoms with E-state index in [2.05, 4.69) is 10.3 Å². The van der Waals surface area contributed by atoms with E-state index in [0.717, 1.165) is 17.7 Å². The standard InChI is InChI=1S/C20H16Cl2F2N2O2/c1-2-28-20(27)17-7-12-11-6-14(23)15(24)8-16(11)25-19(12)18(26-17)10-4-3-9(21)5-13(10)22/h3-6,8,17-18,25-26H,2,7H2,1H3/t17-,18-/m0/s1. The minimum atomic E-state index is -0.943. The van der Waals surface area contributed by atoms with Crippen LogP contribution in [0.3, 0.4) is 0 Å². The second kappa shape index (κ2) is 7.35. The summed E-state index contributed by atoms with van der Waals surface area (Å²) in [6.07, 6.45) is 0.279. The number of aromatic nitrogens is 1. The van der Waals surface area contributed by atoms with Crippen molar-refractivity contribution in [2.75, 3.05) is 6.61 Å². The average Bonchev–Trinajstić information content (AvgIpc) is 2.99. The number of carbonyl (C=O) groups is 1. The van der Waals surface area contributed by atoms with Crippen molar-refractivity contribution >= 4 is 40.1 Å². The number of fused-ring (bicyclic) bond motifs is 3. The Kier molecular flexibility index (Phi) is 5.04. The molecule has 0 fully saturated rings. The second-order valence-corrected chi connectivity index (χ2v) is 7.45. The lowest BCUT2D eigenvalue weighted by Crippen LogP contribution is -2.45. The third-order valence-corrected chi connectivity index (χ3v) is 5.45. The molecule has 0 amide bonds. The van der Waals surface area contributed by atoms with E-state index in [1.54, 1.807) is 25.1 Å². The molecule has 0 spiro atoms. The van der Waals surface area contributed by atoms with Crippen LogP contribution < -0.4 is 5.32 Å². The summed E-state index contributed by atoms with van der Waals surface area (Å²) < 4.78 is 32.8. The number of hydrogen-bond donors (Lipinski definition) is 2. The predicted octanol–water partition coefficient (Wildman–Crippen LogP) is 4.92. The lowest BCUT2D eigenvalue weighted by Gasteiger charge is -2.31. The summed E-state index contributed by atoms with van der Waals surface area (Å²) in [4.78, 5) is 15.6. The van der Waals surface area contributed by atoms with Crippen molar-refractivity contribution in [3.63, 3.8) is 0 Å². The van der Waals surface area contributed by atoms with Crippen LogP contribution in [0.25, 0.3) is 10.9 Å². The molecule has 0 unspecified atom stereocenters. The average molecular weight is 425 g/mol. The molecule has 2 N–H and O–H groups in total. The van der Waals surface area contributed by atoms with Crippen molar-refractivity contribution < 1.29 is 18.3 Å². The number of nitrogens with one attached hydrogen (secondary N) is 2. The molecule has 2 atom stereocenters. The number of ether oxygens (including phenoxy) is 1. The molecule has 0 saturated heterocycles. The second-order valence-electron chi connectivity index (χ2n) is 6.60. The summed E-state index contributed by atoms with van der Waals surface area (Å²) in [5, 5.41) is 4.66. The van der Waals surface area contributed by atoms with Gasteiger partial charge < -0.3 is 9.72 Å². The maximum Gasteiger partial charge on any atom is 0.323 e. The van der Waals surface area contributed by atoms with Crippen LogP contribution in [-0.4, -0.2) is 23.6 Å². The van der Waals surface area contributed by atoms with E-state index in [1.807, 2.05) is 0 Å². The molecule has 2 aromatic carbocycles. The SMILES string of the molecule is CCOC(=O)[C@@H]1Cc2c([nH]c3cc(F)c(F)cc23)[C@H](c2ccc(Cl)cc2Cl)N1. The summed E-state index contributed by atoms with van der Waals surface area (Å²) >= 11 is 12.4. The summed E-state index contributed by atoms with van der Waals surface area (Å²) in [6, 6.07) is 6.16. The van der Waals surface area contributed by atoms with Gasteiger partial charge in [-0.05, 0) is 36.2 Å². The third-order valence-electron chi connectivity index (χ3n) is 4.89. The molecule has 146 valence electrons. The quantitative estimate of drug-likeness (QED) is 0.586. The van der Waals surface area contributed by atoms with E-state index in [1.165, 1.54) is 0 Å². The molecule has 0 saturated carbocycles. The van der Waals surface area contributed by atoms with Gasteiger partial charge in [0.15, 0.2) is 11.6 Å². The number of aromatic amines is 1. The van der Waals surface area contributed by atoms with Crippen molar-refractivity contribution in [1.29, 1.82) is 0 Å². The fourth-order valence-electron chi connectivity index (χ4n) is 3.65. The number of esters is 1. The van der Waals surface area contributed by atoms with E-state index < -0.39 is 29.7 Å². The molecule has 0 aliphatic carbocycles. The lowest BCUT2D eigenvalue weighted by atomic mass is 9.90. The molecule has 0 radical (unpaired) electrons. The Bertz CT molecular complexity index is 1080. The highest BCUT2D eigenvalue weighted by Gasteiger charge is 2.35. The Labute approximate surface area is 169 Å². The van der Waals surface area contributed by atoms with Crippen LogP contribution in [0.1, 0.15) is 29.8 Å². The Morgan fingerprint density at radius 2 is 1.96 bits per heavy atom. The molecule has 1 aromatic heterocycles. The van der Waals surface area contributed by atoms with Crippen molar-refractivity contribution in [3.8, 4) is 0 Å². The van der Waals surface area contributed by atoms with Gasteiger partial charge >= 0.3 is 5.97 Å². The number of hydrogen-bond acceptors (Lipinski definition) is 3. The molecule has 4 nitrogen and oxygen atoms in total. The Balaban J connectivity index is 1.89. The third kappa shape index (κ3) is 3.26. The maximum absolute atomic E-state index is 13.9. The van der Waals surface area contributed by atoms with Crippen molar-refractivity contribution in [2.45, 2.75) is 25.4 Å². The number of halogens is 4. The smallest absolute Gasteiger partial charge is 0.323 e. The lowest BCUT2D eigenvalue weighted by molar-refractivity contribution is -0.146. The zero-order valence-electron chi connectivity index (χ0n) is 14.8. The van der Waals surface area contributed by atoms with Crippen LogP contribution in [0, 0.1) is 11.6 Å². The van der Waals surface area contributed by atoms with Crippen molar-refractivity contribution in [3.05, 3.63) is 68.8 Å². The molecule has 28 heavy (non-hydrogen) atoms. The molecule has 2 heterocycles. The first-order valence-corrected chi connectivity index (χ1v) is 9.51. The maximum atomic E-state index is 13.9. The summed E-state index contributed by atoms with van der Waals surface area (Å²) in [5.41, 5.74) is 2.56. The van der Waals surface area contributed by atoms with Gasteiger partial charge in [-0.3, -0.25) is 10.1 Å². The Morgan fingerprint density at radius 1 is 1.21 bits per heavy atom. The zero-order chi connectivity index (χ0) is 20.0. The van der Waals surface area contributed by atoms with Crippen molar-refractivity contribution in [2.24, 2.45) is 0 Å². The van der Waals surface area contributed by atoms with Crippen LogP contribution in [0.2, 0.25) is 10.0 Å². The van der Waals surface area contributed by atoms with E-state index in [9.17, 15) is 13.6 Å². The summed E-state index contributed by atoms with van der Waals surface area (Å²) in [7, 11) is 0. The highest BCUT2D eigenvalue weighted by Crippen LogP contribution is 2.38. The van der Waals surface area contributed by atoms with Gasteiger partial charge in [-0.1, -0.05) is 29.3 Å². The molecule has 0 bridgehead atoms. The highest BCUT2D eigenvalue weighted by atomic mass is 35.5. The fourth-order valence-corrected chi connectivity index (χ4v) is 4.17. The monoisotopic (exact) mass is 424 g/mol. The first kappa shape index (κ1) is 19.2.